The number of hydrogen-bond acceptors (Lipinski definition) is 3. The Hall–Kier alpha value is -3.43. The number of aromatic amines is 1. The molecule has 1 amide bonds. The van der Waals surface area contributed by atoms with Gasteiger partial charge in [-0.1, -0.05) is 6.07 Å². The van der Waals surface area contributed by atoms with Gasteiger partial charge in [-0.2, -0.15) is 13.2 Å². The van der Waals surface area contributed by atoms with E-state index >= 15 is 0 Å². The molecule has 0 unspecified atom stereocenters. The quantitative estimate of drug-likeness (QED) is 0.462. The van der Waals surface area contributed by atoms with Crippen molar-refractivity contribution in [3.63, 3.8) is 0 Å². The van der Waals surface area contributed by atoms with Gasteiger partial charge in [-0.15, -0.1) is 0 Å². The number of alkyl halides is 5. The first-order valence-electron chi connectivity index (χ1n) is 10.9. The largest absolute Gasteiger partial charge is 0.417 e. The molecule has 1 aromatic heterocycles. The number of H-pyrrole nitrogens is 1. The Labute approximate surface area is 190 Å². The van der Waals surface area contributed by atoms with Gasteiger partial charge in [0, 0.05) is 35.0 Å². The summed E-state index contributed by atoms with van der Waals surface area (Å²) in [6, 6.07) is 8.14. The molecule has 2 aliphatic rings. The lowest BCUT2D eigenvalue weighted by Gasteiger charge is -2.26. The molecule has 3 heterocycles. The number of aromatic nitrogens is 1. The Morgan fingerprint density at radius 1 is 1.06 bits per heavy atom. The van der Waals surface area contributed by atoms with Crippen LogP contribution in [-0.2, 0) is 6.18 Å². The summed E-state index contributed by atoms with van der Waals surface area (Å²) in [4.78, 5) is 30.3. The number of pyridine rings is 1. The Bertz CT molecular complexity index is 1310. The highest BCUT2D eigenvalue weighted by molar-refractivity contribution is 6.06. The van der Waals surface area contributed by atoms with Gasteiger partial charge in [0.15, 0.2) is 0 Å². The van der Waals surface area contributed by atoms with Crippen LogP contribution in [0, 0.1) is 0 Å². The van der Waals surface area contributed by atoms with E-state index in [1.807, 2.05) is 0 Å². The number of carbonyl (C=O) groups excluding carboxylic acids is 1. The highest BCUT2D eigenvalue weighted by Gasteiger charge is 2.39. The van der Waals surface area contributed by atoms with Crippen LogP contribution in [0.3, 0.4) is 0 Å². The zero-order valence-electron chi connectivity index (χ0n) is 17.8. The summed E-state index contributed by atoms with van der Waals surface area (Å²) in [5.74, 6) is -1.07. The number of hydrogen-bond donors (Lipinski definition) is 2. The highest BCUT2D eigenvalue weighted by Crippen LogP contribution is 2.43. The van der Waals surface area contributed by atoms with Gasteiger partial charge in [0.2, 0.25) is 5.43 Å². The van der Waals surface area contributed by atoms with Crippen molar-refractivity contribution in [2.24, 2.45) is 0 Å². The van der Waals surface area contributed by atoms with Crippen LogP contribution >= 0.6 is 0 Å². The van der Waals surface area contributed by atoms with Crippen LogP contribution in [0.25, 0.3) is 10.9 Å². The summed E-state index contributed by atoms with van der Waals surface area (Å²) in [5.41, 5.74) is -2.97. The monoisotopic (exact) mass is 477 g/mol. The standard InChI is InChI=1S/C24H20F5N3O2/c25-22(26)15-10-14(32-12-4-5-13(32)7-6-12)8-9-18(15)31-23(34)16-11-30-19-3-1-2-17(24(27,28)29)20(19)21(16)33/h1-3,8-13,22H,4-7H2,(H,30,33)(H,31,34). The molecule has 0 aliphatic carbocycles. The van der Waals surface area contributed by atoms with Crippen molar-refractivity contribution in [2.75, 3.05) is 10.2 Å². The Morgan fingerprint density at radius 2 is 1.74 bits per heavy atom. The second kappa shape index (κ2) is 8.11. The molecule has 2 N–H and O–H groups in total. The highest BCUT2D eigenvalue weighted by atomic mass is 19.4. The summed E-state index contributed by atoms with van der Waals surface area (Å²) < 4.78 is 67.9. The van der Waals surface area contributed by atoms with Gasteiger partial charge >= 0.3 is 6.18 Å². The molecule has 2 fully saturated rings. The lowest BCUT2D eigenvalue weighted by atomic mass is 10.0. The predicted molar refractivity (Wildman–Crippen MR) is 117 cm³/mol. The van der Waals surface area contributed by atoms with Crippen LogP contribution in [0.1, 0.15) is 53.6 Å². The summed E-state index contributed by atoms with van der Waals surface area (Å²) >= 11 is 0. The van der Waals surface area contributed by atoms with Gasteiger partial charge in [-0.3, -0.25) is 9.59 Å². The third-order valence-electron chi connectivity index (χ3n) is 6.73. The molecule has 0 atom stereocenters. The number of fused-ring (bicyclic) bond motifs is 3. The number of amides is 1. The van der Waals surface area contributed by atoms with Crippen LogP contribution in [-0.4, -0.2) is 23.0 Å². The lowest BCUT2D eigenvalue weighted by Crippen LogP contribution is -2.28. The first-order chi connectivity index (χ1) is 16.1. The van der Waals surface area contributed by atoms with Gasteiger partial charge in [0.25, 0.3) is 12.3 Å². The number of rotatable bonds is 4. The van der Waals surface area contributed by atoms with Crippen molar-refractivity contribution in [1.82, 2.24) is 4.98 Å². The smallest absolute Gasteiger partial charge is 0.366 e. The van der Waals surface area contributed by atoms with Gasteiger partial charge in [-0.25, -0.2) is 8.78 Å². The van der Waals surface area contributed by atoms with E-state index in [1.165, 1.54) is 18.2 Å². The van der Waals surface area contributed by atoms with E-state index in [0.717, 1.165) is 44.0 Å². The van der Waals surface area contributed by atoms with E-state index in [1.54, 1.807) is 6.07 Å². The summed E-state index contributed by atoms with van der Waals surface area (Å²) in [7, 11) is 0. The molecule has 2 aromatic carbocycles. The molecule has 0 spiro atoms. The Kier molecular flexibility index (Phi) is 5.33. The predicted octanol–water partition coefficient (Wildman–Crippen LogP) is 5.87. The van der Waals surface area contributed by atoms with Gasteiger partial charge < -0.3 is 15.2 Å². The third kappa shape index (κ3) is 3.70. The lowest BCUT2D eigenvalue weighted by molar-refractivity contribution is -0.136. The Morgan fingerprint density at radius 3 is 2.35 bits per heavy atom. The van der Waals surface area contributed by atoms with Crippen molar-refractivity contribution < 1.29 is 26.7 Å². The van der Waals surface area contributed by atoms with Crippen LogP contribution in [0.4, 0.5) is 33.3 Å². The molecule has 5 nitrogen and oxygen atoms in total. The van der Waals surface area contributed by atoms with E-state index in [4.69, 9.17) is 0 Å². The number of nitrogens with zero attached hydrogens (tertiary/aromatic N) is 1. The normalized spacial score (nSPS) is 19.9. The average Bonchev–Trinajstić information content (AvgIpc) is 3.39. The van der Waals surface area contributed by atoms with E-state index < -0.39 is 46.0 Å². The molecular formula is C24H20F5N3O2. The molecule has 10 heteroatoms. The number of halogens is 5. The maximum Gasteiger partial charge on any atom is 0.417 e. The fraction of sp³-hybridized carbons (Fsp3) is 0.333. The minimum Gasteiger partial charge on any atom is -0.366 e. The SMILES string of the molecule is O=C(Nc1ccc(N2C3CCC2CC3)cc1C(F)F)c1c[nH]c2cccc(C(F)(F)F)c2c1=O. The molecule has 34 heavy (non-hydrogen) atoms. The molecule has 2 aliphatic heterocycles. The fourth-order valence-corrected chi connectivity index (χ4v) is 5.20. The maximum atomic E-state index is 13.9. The maximum absolute atomic E-state index is 13.9. The summed E-state index contributed by atoms with van der Waals surface area (Å²) in [6.45, 7) is 0. The van der Waals surface area contributed by atoms with Gasteiger partial charge in [0.1, 0.15) is 5.56 Å². The fourth-order valence-electron chi connectivity index (χ4n) is 5.20. The zero-order valence-corrected chi connectivity index (χ0v) is 17.8. The van der Waals surface area contributed by atoms with Crippen molar-refractivity contribution in [3.8, 4) is 0 Å². The summed E-state index contributed by atoms with van der Waals surface area (Å²) in [6.07, 6.45) is -2.68. The van der Waals surface area contributed by atoms with Crippen LogP contribution in [0.2, 0.25) is 0 Å². The average molecular weight is 477 g/mol. The molecule has 0 saturated carbocycles. The van der Waals surface area contributed by atoms with E-state index in [9.17, 15) is 31.5 Å². The number of benzene rings is 2. The van der Waals surface area contributed by atoms with E-state index in [0.29, 0.717) is 17.8 Å². The number of carbonyl (C=O) groups is 1. The minimum absolute atomic E-state index is 0.0887. The molecule has 5 rings (SSSR count). The minimum atomic E-state index is -4.81. The second-order valence-electron chi connectivity index (χ2n) is 8.65. The first kappa shape index (κ1) is 22.4. The van der Waals surface area contributed by atoms with Crippen molar-refractivity contribution in [3.05, 3.63) is 69.5 Å². The van der Waals surface area contributed by atoms with Crippen molar-refractivity contribution in [2.45, 2.75) is 50.4 Å². The molecule has 2 bridgehead atoms. The van der Waals surface area contributed by atoms with E-state index in [-0.39, 0.29) is 11.2 Å². The molecule has 0 radical (unpaired) electrons. The van der Waals surface area contributed by atoms with Gasteiger partial charge in [-0.05, 0) is 56.0 Å². The van der Waals surface area contributed by atoms with Gasteiger partial charge in [0.05, 0.1) is 16.6 Å². The molecule has 178 valence electrons. The Balaban J connectivity index is 1.50. The summed E-state index contributed by atoms with van der Waals surface area (Å²) in [5, 5.41) is 1.61. The van der Waals surface area contributed by atoms with Crippen molar-refractivity contribution in [1.29, 1.82) is 0 Å². The molecule has 3 aromatic rings. The number of nitrogens with one attached hydrogen (secondary N) is 2. The van der Waals surface area contributed by atoms with Crippen LogP contribution in [0.15, 0.2) is 47.4 Å². The number of anilines is 2. The molecular weight excluding hydrogens is 457 g/mol. The topological polar surface area (TPSA) is 65.2 Å². The zero-order chi connectivity index (χ0) is 24.2. The second-order valence-corrected chi connectivity index (χ2v) is 8.65. The van der Waals surface area contributed by atoms with E-state index in [2.05, 4.69) is 15.2 Å². The van der Waals surface area contributed by atoms with Crippen LogP contribution in [0.5, 0.6) is 0 Å². The van der Waals surface area contributed by atoms with Crippen molar-refractivity contribution >= 4 is 28.2 Å². The molecule has 2 saturated heterocycles. The van der Waals surface area contributed by atoms with Crippen LogP contribution < -0.4 is 15.6 Å². The third-order valence-corrected chi connectivity index (χ3v) is 6.73. The first-order valence-corrected chi connectivity index (χ1v) is 10.9.